The topological polar surface area (TPSA) is 64.4 Å². The smallest absolute Gasteiger partial charge is 0.324 e. The van der Waals surface area contributed by atoms with Crippen LogP contribution in [0.1, 0.15) is 25.8 Å². The number of nitrogens with one attached hydrogen (secondary N) is 1. The van der Waals surface area contributed by atoms with Gasteiger partial charge in [-0.2, -0.15) is 0 Å². The van der Waals surface area contributed by atoms with Gasteiger partial charge in [-0.15, -0.1) is 0 Å². The predicted molar refractivity (Wildman–Crippen MR) is 73.0 cm³/mol. The highest BCUT2D eigenvalue weighted by Gasteiger charge is 2.08. The van der Waals surface area contributed by atoms with Crippen LogP contribution in [0.2, 0.25) is 0 Å². The van der Waals surface area contributed by atoms with E-state index in [1.54, 1.807) is 6.07 Å². The molecule has 0 amide bonds. The molecule has 1 N–H and O–H groups in total. The normalized spacial score (nSPS) is 11.1. The molecule has 0 fully saturated rings. The van der Waals surface area contributed by atoms with Crippen molar-refractivity contribution in [2.45, 2.75) is 26.8 Å². The summed E-state index contributed by atoms with van der Waals surface area (Å²) in [6.45, 7) is 7.23. The molecule has 0 saturated carbocycles. The minimum Gasteiger partial charge on any atom is -0.380 e. The van der Waals surface area contributed by atoms with Gasteiger partial charge in [-0.3, -0.25) is 10.1 Å². The van der Waals surface area contributed by atoms with Gasteiger partial charge in [0, 0.05) is 31.1 Å². The summed E-state index contributed by atoms with van der Waals surface area (Å²) in [5, 5.41) is 15.7. The highest BCUT2D eigenvalue weighted by atomic mass is 32.1. The Hall–Kier alpha value is -0.980. The second-order valence-corrected chi connectivity index (χ2v) is 5.41. The Labute approximate surface area is 111 Å². The van der Waals surface area contributed by atoms with Crippen LogP contribution in [0.5, 0.6) is 0 Å². The van der Waals surface area contributed by atoms with Crippen molar-refractivity contribution in [3.05, 3.63) is 27.1 Å². The first-order valence-electron chi connectivity index (χ1n) is 6.10. The first-order valence-corrected chi connectivity index (χ1v) is 6.98. The van der Waals surface area contributed by atoms with Crippen molar-refractivity contribution in [2.24, 2.45) is 5.92 Å². The van der Waals surface area contributed by atoms with Crippen LogP contribution in [0.15, 0.2) is 11.4 Å². The lowest BCUT2D eigenvalue weighted by molar-refractivity contribution is -0.380. The van der Waals surface area contributed by atoms with Crippen LogP contribution in [0.3, 0.4) is 0 Å². The standard InChI is InChI=1S/C12H20N2O3S/c1-10(2)3-5-17-6-4-13-8-11-7-12(14(15)16)18-9-11/h7,9-10,13H,3-6,8H2,1-2H3. The maximum Gasteiger partial charge on any atom is 0.324 e. The van der Waals surface area contributed by atoms with E-state index in [0.717, 1.165) is 36.5 Å². The van der Waals surface area contributed by atoms with Crippen LogP contribution < -0.4 is 5.32 Å². The van der Waals surface area contributed by atoms with Gasteiger partial charge in [-0.25, -0.2) is 0 Å². The van der Waals surface area contributed by atoms with Crippen LogP contribution in [0.25, 0.3) is 0 Å². The third-order valence-corrected chi connectivity index (χ3v) is 3.34. The molecular weight excluding hydrogens is 252 g/mol. The molecule has 5 nitrogen and oxygen atoms in total. The number of ether oxygens (including phenoxy) is 1. The van der Waals surface area contributed by atoms with E-state index in [1.807, 2.05) is 5.38 Å². The molecule has 1 aromatic rings. The highest BCUT2D eigenvalue weighted by Crippen LogP contribution is 2.22. The van der Waals surface area contributed by atoms with Crippen LogP contribution >= 0.6 is 11.3 Å². The average Bonchev–Trinajstić information content (AvgIpc) is 2.76. The van der Waals surface area contributed by atoms with Gasteiger partial charge in [0.25, 0.3) is 0 Å². The quantitative estimate of drug-likeness (QED) is 0.426. The van der Waals surface area contributed by atoms with E-state index >= 15 is 0 Å². The molecule has 0 aliphatic heterocycles. The Morgan fingerprint density at radius 2 is 2.28 bits per heavy atom. The molecular formula is C12H20N2O3S. The summed E-state index contributed by atoms with van der Waals surface area (Å²) in [4.78, 5) is 10.1. The molecule has 0 atom stereocenters. The zero-order chi connectivity index (χ0) is 13.4. The average molecular weight is 272 g/mol. The molecule has 1 aromatic heterocycles. The van der Waals surface area contributed by atoms with E-state index in [4.69, 9.17) is 4.74 Å². The van der Waals surface area contributed by atoms with Crippen LogP contribution in [-0.4, -0.2) is 24.7 Å². The molecule has 6 heteroatoms. The highest BCUT2D eigenvalue weighted by molar-refractivity contribution is 7.13. The lowest BCUT2D eigenvalue weighted by Crippen LogP contribution is -2.19. The van der Waals surface area contributed by atoms with Crippen molar-refractivity contribution in [3.63, 3.8) is 0 Å². The van der Waals surface area contributed by atoms with Gasteiger partial charge in [0.15, 0.2) is 0 Å². The minimum atomic E-state index is -0.358. The molecule has 1 rings (SSSR count). The third-order valence-electron chi connectivity index (χ3n) is 2.41. The number of hydrogen-bond acceptors (Lipinski definition) is 5. The molecule has 0 saturated heterocycles. The van der Waals surface area contributed by atoms with E-state index in [9.17, 15) is 10.1 Å². The first-order chi connectivity index (χ1) is 8.59. The molecule has 0 spiro atoms. The Morgan fingerprint density at radius 3 is 2.89 bits per heavy atom. The summed E-state index contributed by atoms with van der Waals surface area (Å²) in [7, 11) is 0. The summed E-state index contributed by atoms with van der Waals surface area (Å²) in [5.74, 6) is 0.671. The van der Waals surface area contributed by atoms with Crippen LogP contribution in [-0.2, 0) is 11.3 Å². The Balaban J connectivity index is 2.05. The van der Waals surface area contributed by atoms with Crippen molar-refractivity contribution < 1.29 is 9.66 Å². The fourth-order valence-electron chi connectivity index (χ4n) is 1.35. The van der Waals surface area contributed by atoms with Gasteiger partial charge in [0.2, 0.25) is 0 Å². The van der Waals surface area contributed by atoms with Crippen molar-refractivity contribution >= 4 is 16.3 Å². The Kier molecular flexibility index (Phi) is 6.85. The monoisotopic (exact) mass is 272 g/mol. The third kappa shape index (κ3) is 6.09. The predicted octanol–water partition coefficient (Wildman–Crippen LogP) is 2.81. The van der Waals surface area contributed by atoms with Gasteiger partial charge in [0.1, 0.15) is 0 Å². The lowest BCUT2D eigenvalue weighted by atomic mass is 10.1. The fourth-order valence-corrected chi connectivity index (χ4v) is 2.08. The second kappa shape index (κ2) is 8.18. The van der Waals surface area contributed by atoms with E-state index in [-0.39, 0.29) is 9.92 Å². The molecule has 0 radical (unpaired) electrons. The summed E-state index contributed by atoms with van der Waals surface area (Å²) >= 11 is 1.16. The summed E-state index contributed by atoms with van der Waals surface area (Å²) in [6.07, 6.45) is 1.08. The molecule has 1 heterocycles. The molecule has 0 aliphatic rings. The molecule has 0 aliphatic carbocycles. The fraction of sp³-hybridized carbons (Fsp3) is 0.667. The van der Waals surface area contributed by atoms with Gasteiger partial charge in [0.05, 0.1) is 11.5 Å². The van der Waals surface area contributed by atoms with Gasteiger partial charge >= 0.3 is 5.00 Å². The summed E-state index contributed by atoms with van der Waals surface area (Å²) in [5.41, 5.74) is 0.953. The summed E-state index contributed by atoms with van der Waals surface area (Å²) in [6, 6.07) is 1.61. The lowest BCUT2D eigenvalue weighted by Gasteiger charge is -2.06. The van der Waals surface area contributed by atoms with E-state index in [1.165, 1.54) is 0 Å². The zero-order valence-corrected chi connectivity index (χ0v) is 11.7. The molecule has 0 unspecified atom stereocenters. The van der Waals surface area contributed by atoms with Crippen LogP contribution in [0, 0.1) is 16.0 Å². The second-order valence-electron chi connectivity index (χ2n) is 4.52. The number of nitro groups is 1. The summed E-state index contributed by atoms with van der Waals surface area (Å²) < 4.78 is 5.46. The molecule has 18 heavy (non-hydrogen) atoms. The minimum absolute atomic E-state index is 0.194. The van der Waals surface area contributed by atoms with Crippen molar-refractivity contribution in [2.75, 3.05) is 19.8 Å². The molecule has 0 aromatic carbocycles. The Morgan fingerprint density at radius 1 is 1.50 bits per heavy atom. The number of rotatable bonds is 9. The van der Waals surface area contributed by atoms with E-state index < -0.39 is 0 Å². The van der Waals surface area contributed by atoms with Gasteiger partial charge in [-0.05, 0) is 17.9 Å². The molecule has 0 bridgehead atoms. The SMILES string of the molecule is CC(C)CCOCCNCc1csc([N+](=O)[O-])c1. The maximum absolute atomic E-state index is 10.5. The molecule has 102 valence electrons. The van der Waals surface area contributed by atoms with Crippen LogP contribution in [0.4, 0.5) is 5.00 Å². The number of hydrogen-bond donors (Lipinski definition) is 1. The van der Waals surface area contributed by atoms with Crippen molar-refractivity contribution in [3.8, 4) is 0 Å². The number of thiophene rings is 1. The first kappa shape index (κ1) is 15.1. The van der Waals surface area contributed by atoms with Crippen molar-refractivity contribution in [1.29, 1.82) is 0 Å². The van der Waals surface area contributed by atoms with E-state index in [0.29, 0.717) is 19.1 Å². The largest absolute Gasteiger partial charge is 0.380 e. The van der Waals surface area contributed by atoms with Crippen molar-refractivity contribution in [1.82, 2.24) is 5.32 Å². The van der Waals surface area contributed by atoms with E-state index in [2.05, 4.69) is 19.2 Å². The number of nitrogens with zero attached hydrogens (tertiary/aromatic N) is 1. The van der Waals surface area contributed by atoms with Gasteiger partial charge < -0.3 is 10.1 Å². The van der Waals surface area contributed by atoms with Gasteiger partial charge in [-0.1, -0.05) is 25.2 Å². The maximum atomic E-state index is 10.5. The zero-order valence-electron chi connectivity index (χ0n) is 10.8. The Bertz CT molecular complexity index is 366.